The standard InChI is InChI=1S/C9H10.C9H9.C7H11O3.U/c2*1-3-9-6-4-8(2)5-7-9;1-5(2)6(10-3)4-7(8)9;/h3-7H,1H2,2H3;4-7H,1H2,2H3;4,6H,1H2,2-3H3,(H,8,9);/q;2*-1;+2. The van der Waals surface area contributed by atoms with Crippen LogP contribution in [0.2, 0.25) is 0 Å². The average molecular weight is 617 g/mol. The first-order valence-corrected chi connectivity index (χ1v) is 8.78. The first-order valence-electron chi connectivity index (χ1n) is 8.78. The number of carboxylic acids is 1. The van der Waals surface area contributed by atoms with Crippen LogP contribution in [-0.4, -0.2) is 24.3 Å². The summed E-state index contributed by atoms with van der Waals surface area (Å²) in [4.78, 5) is 10.1. The van der Waals surface area contributed by atoms with Gasteiger partial charge in [0.25, 0.3) is 0 Å². The Bertz CT molecular complexity index is 697. The molecule has 1 unspecified atom stereocenters. The molecule has 0 saturated heterocycles. The first-order chi connectivity index (χ1) is 13.2. The molecular weight excluding hydrogens is 586 g/mol. The molecule has 0 amide bonds. The van der Waals surface area contributed by atoms with E-state index in [0.717, 1.165) is 12.0 Å². The molecular formula is C25H30O3U. The van der Waals surface area contributed by atoms with Gasteiger partial charge in [-0.2, -0.15) is 30.4 Å². The van der Waals surface area contributed by atoms with Gasteiger partial charge < -0.3 is 9.84 Å². The number of hydrogen-bond donors (Lipinski definition) is 1. The van der Waals surface area contributed by atoms with Crippen LogP contribution < -0.4 is 0 Å². The zero-order valence-corrected chi connectivity index (χ0v) is 21.9. The molecule has 4 heteroatoms. The smallest absolute Gasteiger partial charge is 0.503 e. The second-order valence-electron chi connectivity index (χ2n) is 6.17. The number of rotatable bonds is 6. The van der Waals surface area contributed by atoms with Crippen LogP contribution in [0.1, 0.15) is 29.2 Å². The molecule has 0 aliphatic carbocycles. The van der Waals surface area contributed by atoms with Crippen LogP contribution in [-0.2, 0) is 9.53 Å². The fourth-order valence-electron chi connectivity index (χ4n) is 1.91. The van der Waals surface area contributed by atoms with Gasteiger partial charge in [0.2, 0.25) is 0 Å². The number of benzene rings is 2. The second-order valence-corrected chi connectivity index (χ2v) is 6.17. The van der Waals surface area contributed by atoms with Gasteiger partial charge in [-0.1, -0.05) is 53.6 Å². The topological polar surface area (TPSA) is 46.5 Å². The van der Waals surface area contributed by atoms with Crippen LogP contribution in [0, 0.1) is 57.5 Å². The Labute approximate surface area is 199 Å². The van der Waals surface area contributed by atoms with Gasteiger partial charge in [-0.15, -0.1) is 18.7 Å². The Morgan fingerprint density at radius 2 is 1.55 bits per heavy atom. The van der Waals surface area contributed by atoms with Crippen LogP contribution >= 0.6 is 0 Å². The molecule has 152 valence electrons. The molecule has 0 spiro atoms. The van der Waals surface area contributed by atoms with Crippen LogP contribution in [0.4, 0.5) is 0 Å². The van der Waals surface area contributed by atoms with Crippen molar-refractivity contribution in [1.29, 1.82) is 0 Å². The number of hydrogen-bond acceptors (Lipinski definition) is 2. The van der Waals surface area contributed by atoms with Crippen molar-refractivity contribution in [3.63, 3.8) is 0 Å². The molecule has 0 saturated carbocycles. The predicted molar refractivity (Wildman–Crippen MR) is 118 cm³/mol. The summed E-state index contributed by atoms with van der Waals surface area (Å²) in [6, 6.07) is 16.4. The van der Waals surface area contributed by atoms with Crippen molar-refractivity contribution in [2.45, 2.75) is 26.9 Å². The van der Waals surface area contributed by atoms with E-state index in [9.17, 15) is 4.79 Å². The van der Waals surface area contributed by atoms with Gasteiger partial charge in [-0.25, -0.2) is 0 Å². The van der Waals surface area contributed by atoms with E-state index in [1.165, 1.54) is 23.8 Å². The van der Waals surface area contributed by atoms with Crippen molar-refractivity contribution >= 4 is 12.0 Å². The number of carbonyl (C=O) groups is 1. The zero-order chi connectivity index (χ0) is 21.5. The summed E-state index contributed by atoms with van der Waals surface area (Å²) < 4.78 is 4.79. The van der Waals surface area contributed by atoms with E-state index in [1.54, 1.807) is 6.92 Å². The van der Waals surface area contributed by atoms with Gasteiger partial charge in [0.1, 0.15) is 0 Å². The molecule has 0 radical (unpaired) electrons. The fourth-order valence-corrected chi connectivity index (χ4v) is 1.91. The summed E-state index contributed by atoms with van der Waals surface area (Å²) >= 11 is 0. The monoisotopic (exact) mass is 616 g/mol. The van der Waals surface area contributed by atoms with Gasteiger partial charge in [0.15, 0.2) is 5.97 Å². The third-order valence-corrected chi connectivity index (χ3v) is 3.60. The van der Waals surface area contributed by atoms with Gasteiger partial charge in [-0.3, -0.25) is 11.2 Å². The van der Waals surface area contributed by atoms with Crippen molar-refractivity contribution in [1.82, 2.24) is 0 Å². The maximum Gasteiger partial charge on any atom is 2.00 e. The van der Waals surface area contributed by atoms with E-state index >= 15 is 0 Å². The molecule has 29 heavy (non-hydrogen) atoms. The molecule has 1 atom stereocenters. The molecule has 2 rings (SSSR count). The Kier molecular flexibility index (Phi) is 17.0. The summed E-state index contributed by atoms with van der Waals surface area (Å²) in [7, 11) is 1.44. The number of methoxy groups -OCH3 is 1. The molecule has 3 nitrogen and oxygen atoms in total. The molecule has 0 bridgehead atoms. The number of aryl methyl sites for hydroxylation is 2. The van der Waals surface area contributed by atoms with Crippen molar-refractivity contribution in [3.05, 3.63) is 109 Å². The maximum atomic E-state index is 10.1. The first kappa shape index (κ1) is 29.2. The Hall–Kier alpha value is -1.99. The van der Waals surface area contributed by atoms with Gasteiger partial charge in [-0.05, 0) is 32.4 Å². The van der Waals surface area contributed by atoms with Crippen molar-refractivity contribution in [2.24, 2.45) is 0 Å². The molecule has 1 N–H and O–H groups in total. The van der Waals surface area contributed by atoms with Crippen molar-refractivity contribution in [3.8, 4) is 0 Å². The van der Waals surface area contributed by atoms with Crippen LogP contribution in [0.15, 0.2) is 73.8 Å². The normalized spacial score (nSPS) is 9.79. The van der Waals surface area contributed by atoms with E-state index < -0.39 is 12.1 Å². The maximum absolute atomic E-state index is 10.1. The van der Waals surface area contributed by atoms with Gasteiger partial charge in [0, 0.05) is 7.11 Å². The number of ether oxygens (including phenoxy) is 1. The summed E-state index contributed by atoms with van der Waals surface area (Å²) in [5.41, 5.74) is 5.49. The van der Waals surface area contributed by atoms with Crippen molar-refractivity contribution < 1.29 is 45.8 Å². The largest absolute Gasteiger partial charge is 2.00 e. The van der Waals surface area contributed by atoms with E-state index in [-0.39, 0.29) is 31.1 Å². The Balaban J connectivity index is 0. The third-order valence-electron chi connectivity index (χ3n) is 3.60. The molecule has 2 aromatic rings. The second kappa shape index (κ2) is 16.9. The van der Waals surface area contributed by atoms with Gasteiger partial charge in [0.05, 0.1) is 0 Å². The average Bonchev–Trinajstić information content (AvgIpc) is 2.68. The summed E-state index contributed by atoms with van der Waals surface area (Å²) in [6.45, 7) is 16.6. The minimum Gasteiger partial charge on any atom is -0.503 e. The minimum absolute atomic E-state index is 0. The van der Waals surface area contributed by atoms with Crippen molar-refractivity contribution in [2.75, 3.05) is 7.11 Å². The molecule has 0 aliphatic heterocycles. The van der Waals surface area contributed by atoms with Gasteiger partial charge >= 0.3 is 31.1 Å². The van der Waals surface area contributed by atoms with E-state index in [4.69, 9.17) is 9.84 Å². The predicted octanol–water partition coefficient (Wildman–Crippen LogP) is 5.84. The van der Waals surface area contributed by atoms with Crippen LogP contribution in [0.3, 0.4) is 0 Å². The van der Waals surface area contributed by atoms with Crippen LogP contribution in [0.25, 0.3) is 6.08 Å². The Morgan fingerprint density at radius 1 is 1.10 bits per heavy atom. The third kappa shape index (κ3) is 14.6. The number of carboxylic acid groups (broad SMARTS) is 1. The van der Waals surface area contributed by atoms with E-state index in [0.29, 0.717) is 5.57 Å². The van der Waals surface area contributed by atoms with E-state index in [1.807, 2.05) is 30.3 Å². The summed E-state index contributed by atoms with van der Waals surface area (Å²) in [5.74, 6) is -0.991. The molecule has 0 aromatic heterocycles. The summed E-state index contributed by atoms with van der Waals surface area (Å²) in [6.07, 6.45) is 5.23. The fraction of sp³-hybridized carbons (Fsp3) is 0.200. The van der Waals surface area contributed by atoms with Crippen LogP contribution in [0.5, 0.6) is 0 Å². The molecule has 0 aliphatic rings. The molecule has 0 heterocycles. The number of aliphatic carboxylic acids is 1. The van der Waals surface area contributed by atoms with E-state index in [2.05, 4.69) is 63.9 Å². The zero-order valence-electron chi connectivity index (χ0n) is 17.7. The molecule has 2 aromatic carbocycles. The SMILES string of the molecule is C=C(C)C([CH-]C(=O)O)OC.C=Cc1ccc(C)cc1.C=[C-]c1ccc(C)cc1.[U+2]. The summed E-state index contributed by atoms with van der Waals surface area (Å²) in [5, 5.41) is 8.29. The minimum atomic E-state index is -0.991. The quantitative estimate of drug-likeness (QED) is 0.328. The Morgan fingerprint density at radius 3 is 1.83 bits per heavy atom. The molecule has 0 fully saturated rings.